The van der Waals surface area contributed by atoms with Crippen LogP contribution in [-0.2, 0) is 17.4 Å². The van der Waals surface area contributed by atoms with Crippen molar-refractivity contribution < 1.29 is 27.8 Å². The lowest BCUT2D eigenvalue weighted by molar-refractivity contribution is -0.138. The van der Waals surface area contributed by atoms with Crippen LogP contribution in [0.4, 0.5) is 13.2 Å². The van der Waals surface area contributed by atoms with E-state index in [1.807, 2.05) is 0 Å². The van der Waals surface area contributed by atoms with Crippen LogP contribution in [0, 0.1) is 0 Å². The molecule has 1 aromatic heterocycles. The predicted molar refractivity (Wildman–Crippen MR) is 81.2 cm³/mol. The topological polar surface area (TPSA) is 59.4 Å². The fourth-order valence-corrected chi connectivity index (χ4v) is 2.02. The molecule has 0 saturated heterocycles. The summed E-state index contributed by atoms with van der Waals surface area (Å²) in [5, 5.41) is 8.59. The van der Waals surface area contributed by atoms with Crippen molar-refractivity contribution in [2.75, 3.05) is 0 Å². The molecule has 24 heavy (non-hydrogen) atoms. The lowest BCUT2D eigenvalue weighted by Crippen LogP contribution is -2.06. The molecule has 0 radical (unpaired) electrons. The van der Waals surface area contributed by atoms with Crippen LogP contribution >= 0.6 is 11.6 Å². The SMILES string of the molecule is C=C(Cc1ccccc1Oc1ncc(C(F)(F)F)cc1Cl)C(=O)O. The summed E-state index contributed by atoms with van der Waals surface area (Å²) in [5.74, 6) is -1.14. The molecule has 0 aliphatic carbocycles. The quantitative estimate of drug-likeness (QED) is 0.786. The second-order valence-electron chi connectivity index (χ2n) is 4.80. The minimum absolute atomic E-state index is 0.00373. The average Bonchev–Trinajstić information content (AvgIpc) is 2.49. The highest BCUT2D eigenvalue weighted by atomic mass is 35.5. The Kier molecular flexibility index (Phi) is 5.14. The van der Waals surface area contributed by atoms with Crippen molar-refractivity contribution in [3.63, 3.8) is 0 Å². The average molecular weight is 358 g/mol. The van der Waals surface area contributed by atoms with Gasteiger partial charge in [0.15, 0.2) is 0 Å². The third-order valence-corrected chi connectivity index (χ3v) is 3.29. The molecule has 2 aromatic rings. The van der Waals surface area contributed by atoms with Gasteiger partial charge in [-0.25, -0.2) is 9.78 Å². The van der Waals surface area contributed by atoms with Crippen molar-refractivity contribution in [2.45, 2.75) is 12.6 Å². The number of para-hydroxylation sites is 1. The van der Waals surface area contributed by atoms with Gasteiger partial charge in [0.05, 0.1) is 5.56 Å². The zero-order valence-corrected chi connectivity index (χ0v) is 12.9. The number of rotatable bonds is 5. The largest absolute Gasteiger partial charge is 0.478 e. The Balaban J connectivity index is 2.29. The molecule has 0 aliphatic heterocycles. The maximum Gasteiger partial charge on any atom is 0.417 e. The number of ether oxygens (including phenoxy) is 1. The normalized spacial score (nSPS) is 11.2. The molecule has 2 rings (SSSR count). The van der Waals surface area contributed by atoms with E-state index < -0.39 is 17.7 Å². The summed E-state index contributed by atoms with van der Waals surface area (Å²) < 4.78 is 43.3. The van der Waals surface area contributed by atoms with Crippen molar-refractivity contribution >= 4 is 17.6 Å². The number of carboxylic acid groups (broad SMARTS) is 1. The summed E-state index contributed by atoms with van der Waals surface area (Å²) in [5.41, 5.74) is -0.562. The number of halogens is 4. The third-order valence-electron chi connectivity index (χ3n) is 3.02. The standard InChI is InChI=1S/C16H11ClF3NO3/c1-9(15(22)23)6-10-4-2-3-5-13(10)24-14-12(17)7-11(8-21-14)16(18,19)20/h2-5,7-8H,1,6H2,(H,22,23). The summed E-state index contributed by atoms with van der Waals surface area (Å²) in [6.45, 7) is 3.43. The van der Waals surface area contributed by atoms with E-state index in [-0.39, 0.29) is 28.6 Å². The monoisotopic (exact) mass is 357 g/mol. The first-order chi connectivity index (χ1) is 11.2. The van der Waals surface area contributed by atoms with E-state index in [4.69, 9.17) is 21.4 Å². The maximum atomic E-state index is 12.6. The first-order valence-electron chi connectivity index (χ1n) is 6.58. The van der Waals surface area contributed by atoms with Crippen molar-refractivity contribution in [3.8, 4) is 11.6 Å². The van der Waals surface area contributed by atoms with Crippen molar-refractivity contribution in [1.82, 2.24) is 4.98 Å². The zero-order chi connectivity index (χ0) is 17.9. The van der Waals surface area contributed by atoms with Gasteiger partial charge in [0, 0.05) is 18.2 Å². The van der Waals surface area contributed by atoms with E-state index in [1.165, 1.54) is 6.07 Å². The van der Waals surface area contributed by atoms with E-state index in [1.54, 1.807) is 18.2 Å². The molecule has 0 saturated carbocycles. The van der Waals surface area contributed by atoms with Gasteiger partial charge in [0.2, 0.25) is 5.88 Å². The molecule has 0 spiro atoms. The van der Waals surface area contributed by atoms with Crippen LogP contribution in [0.3, 0.4) is 0 Å². The van der Waals surface area contributed by atoms with Gasteiger partial charge in [-0.1, -0.05) is 36.4 Å². The van der Waals surface area contributed by atoms with Crippen molar-refractivity contribution in [1.29, 1.82) is 0 Å². The highest BCUT2D eigenvalue weighted by molar-refractivity contribution is 6.31. The Morgan fingerprint density at radius 2 is 2.00 bits per heavy atom. The fraction of sp³-hybridized carbons (Fsp3) is 0.125. The Morgan fingerprint density at radius 3 is 2.58 bits per heavy atom. The molecule has 0 bridgehead atoms. The van der Waals surface area contributed by atoms with Crippen LogP contribution in [0.2, 0.25) is 5.02 Å². The number of alkyl halides is 3. The molecular weight excluding hydrogens is 347 g/mol. The number of hydrogen-bond acceptors (Lipinski definition) is 3. The number of hydrogen-bond donors (Lipinski definition) is 1. The Hall–Kier alpha value is -2.54. The van der Waals surface area contributed by atoms with Gasteiger partial charge in [-0.3, -0.25) is 0 Å². The maximum absolute atomic E-state index is 12.6. The minimum Gasteiger partial charge on any atom is -0.478 e. The summed E-state index contributed by atoms with van der Waals surface area (Å²) in [7, 11) is 0. The molecule has 0 aliphatic rings. The van der Waals surface area contributed by atoms with Gasteiger partial charge in [-0.2, -0.15) is 13.2 Å². The summed E-state index contributed by atoms with van der Waals surface area (Å²) >= 11 is 5.79. The fourth-order valence-electron chi connectivity index (χ4n) is 1.81. The van der Waals surface area contributed by atoms with Gasteiger partial charge in [-0.05, 0) is 17.7 Å². The smallest absolute Gasteiger partial charge is 0.417 e. The Morgan fingerprint density at radius 1 is 1.33 bits per heavy atom. The Bertz CT molecular complexity index is 790. The molecule has 1 heterocycles. The van der Waals surface area contributed by atoms with Crippen molar-refractivity contribution in [2.24, 2.45) is 0 Å². The second-order valence-corrected chi connectivity index (χ2v) is 5.21. The number of benzene rings is 1. The Labute approximate surface area is 140 Å². The van der Waals surface area contributed by atoms with E-state index in [2.05, 4.69) is 11.6 Å². The van der Waals surface area contributed by atoms with Crippen LogP contribution in [0.25, 0.3) is 0 Å². The van der Waals surface area contributed by atoms with Gasteiger partial charge in [0.1, 0.15) is 10.8 Å². The summed E-state index contributed by atoms with van der Waals surface area (Å²) in [6.07, 6.45) is -3.95. The lowest BCUT2D eigenvalue weighted by Gasteiger charge is -2.13. The van der Waals surface area contributed by atoms with E-state index >= 15 is 0 Å². The summed E-state index contributed by atoms with van der Waals surface area (Å²) in [6, 6.07) is 7.14. The highest BCUT2D eigenvalue weighted by Crippen LogP contribution is 2.35. The minimum atomic E-state index is -4.56. The molecule has 1 aromatic carbocycles. The second kappa shape index (κ2) is 6.92. The first kappa shape index (κ1) is 17.8. The summed E-state index contributed by atoms with van der Waals surface area (Å²) in [4.78, 5) is 14.5. The molecule has 0 atom stereocenters. The number of carbonyl (C=O) groups is 1. The van der Waals surface area contributed by atoms with Gasteiger partial charge in [0.25, 0.3) is 0 Å². The number of carboxylic acids is 1. The number of nitrogens with zero attached hydrogens (tertiary/aromatic N) is 1. The number of pyridine rings is 1. The van der Waals surface area contributed by atoms with E-state index in [0.717, 1.165) is 0 Å². The van der Waals surface area contributed by atoms with Gasteiger partial charge >= 0.3 is 12.1 Å². The van der Waals surface area contributed by atoms with Gasteiger partial charge < -0.3 is 9.84 Å². The van der Waals surface area contributed by atoms with Crippen molar-refractivity contribution in [3.05, 3.63) is 64.8 Å². The van der Waals surface area contributed by atoms with Crippen LogP contribution < -0.4 is 4.74 Å². The third kappa shape index (κ3) is 4.26. The zero-order valence-electron chi connectivity index (χ0n) is 12.1. The molecule has 0 amide bonds. The number of aliphatic carboxylic acids is 1. The molecule has 8 heteroatoms. The molecule has 1 N–H and O–H groups in total. The molecule has 4 nitrogen and oxygen atoms in total. The van der Waals surface area contributed by atoms with E-state index in [0.29, 0.717) is 17.8 Å². The van der Waals surface area contributed by atoms with Crippen LogP contribution in [-0.4, -0.2) is 16.1 Å². The van der Waals surface area contributed by atoms with Crippen LogP contribution in [0.5, 0.6) is 11.6 Å². The lowest BCUT2D eigenvalue weighted by atomic mass is 10.1. The first-order valence-corrected chi connectivity index (χ1v) is 6.96. The molecule has 126 valence electrons. The van der Waals surface area contributed by atoms with Crippen LogP contribution in [0.15, 0.2) is 48.7 Å². The van der Waals surface area contributed by atoms with Gasteiger partial charge in [-0.15, -0.1) is 0 Å². The molecule has 0 unspecified atom stereocenters. The highest BCUT2D eigenvalue weighted by Gasteiger charge is 2.31. The van der Waals surface area contributed by atoms with Crippen LogP contribution in [0.1, 0.15) is 11.1 Å². The molecule has 0 fully saturated rings. The number of aromatic nitrogens is 1. The molecular formula is C16H11ClF3NO3. The predicted octanol–water partition coefficient (Wildman–Crippen LogP) is 4.73. The van der Waals surface area contributed by atoms with E-state index in [9.17, 15) is 18.0 Å².